The van der Waals surface area contributed by atoms with Crippen molar-refractivity contribution in [2.75, 3.05) is 11.9 Å². The van der Waals surface area contributed by atoms with Crippen molar-refractivity contribution in [1.29, 1.82) is 0 Å². The number of benzene rings is 2. The van der Waals surface area contributed by atoms with E-state index in [1.54, 1.807) is 24.3 Å². The number of hydrogen-bond acceptors (Lipinski definition) is 2. The van der Waals surface area contributed by atoms with E-state index in [2.05, 4.69) is 5.32 Å². The molecule has 8 heteroatoms. The van der Waals surface area contributed by atoms with E-state index < -0.39 is 23.4 Å². The molecule has 0 saturated carbocycles. The number of nitrogens with zero attached hydrogens (tertiary/aromatic N) is 1. The van der Waals surface area contributed by atoms with Crippen molar-refractivity contribution < 1.29 is 19.1 Å². The molecule has 164 valence electrons. The van der Waals surface area contributed by atoms with Gasteiger partial charge in [0.15, 0.2) is 0 Å². The molecular weight excluding hydrogens is 442 g/mol. The first-order valence-electron chi connectivity index (χ1n) is 10.0. The highest BCUT2D eigenvalue weighted by Gasteiger charge is 2.65. The fourth-order valence-electron chi connectivity index (χ4n) is 5.26. The van der Waals surface area contributed by atoms with Crippen LogP contribution < -0.4 is 5.32 Å². The highest BCUT2D eigenvalue weighted by molar-refractivity contribution is 6.31. The largest absolute Gasteiger partial charge is 0.465 e. The Balaban J connectivity index is 2.04. The number of carbonyl (C=O) groups excluding carboxylic acids is 1. The number of carbonyl (C=O) groups is 2. The van der Waals surface area contributed by atoms with E-state index in [-0.39, 0.29) is 34.4 Å². The molecule has 1 spiro atoms. The number of anilines is 1. The van der Waals surface area contributed by atoms with Crippen LogP contribution in [0.25, 0.3) is 0 Å². The quantitative estimate of drug-likeness (QED) is 0.562. The summed E-state index contributed by atoms with van der Waals surface area (Å²) in [6, 6.07) is 8.47. The smallest absolute Gasteiger partial charge is 0.407 e. The van der Waals surface area contributed by atoms with Gasteiger partial charge in [-0.25, -0.2) is 9.18 Å². The van der Waals surface area contributed by atoms with E-state index in [9.17, 15) is 14.7 Å². The number of fused-ring (bicyclic) bond motifs is 2. The molecule has 5 nitrogen and oxygen atoms in total. The molecule has 31 heavy (non-hydrogen) atoms. The van der Waals surface area contributed by atoms with E-state index in [1.165, 1.54) is 17.0 Å². The molecule has 2 aromatic carbocycles. The molecule has 2 aliphatic rings. The standard InChI is InChI=1S/C23H23Cl2FN2O3/c1-22(2,3)10-12-11-28(21(30)31)19(14-5-4-6-16(25)18(14)26)23(12)15-8-7-13(24)9-17(15)27-20(23)29/h4-9,12,19H,10-11H2,1-3H3,(H,27,29)(H,30,31)/t12-,19-,23+/m0/s1. The minimum Gasteiger partial charge on any atom is -0.465 e. The van der Waals surface area contributed by atoms with E-state index in [4.69, 9.17) is 23.2 Å². The van der Waals surface area contributed by atoms with E-state index in [0.29, 0.717) is 22.7 Å². The minimum atomic E-state index is -1.31. The normalized spacial score (nSPS) is 25.1. The van der Waals surface area contributed by atoms with Crippen molar-refractivity contribution in [2.24, 2.45) is 11.3 Å². The molecule has 0 radical (unpaired) electrons. The molecule has 2 amide bonds. The number of hydrogen-bond donors (Lipinski definition) is 2. The topological polar surface area (TPSA) is 69.6 Å². The molecule has 0 aliphatic carbocycles. The van der Waals surface area contributed by atoms with Crippen LogP contribution in [0.3, 0.4) is 0 Å². The fourth-order valence-corrected chi connectivity index (χ4v) is 5.61. The third-order valence-electron chi connectivity index (χ3n) is 6.24. The van der Waals surface area contributed by atoms with E-state index in [1.807, 2.05) is 20.8 Å². The Morgan fingerprint density at radius 2 is 2.00 bits per heavy atom. The zero-order valence-electron chi connectivity index (χ0n) is 17.4. The predicted octanol–water partition coefficient (Wildman–Crippen LogP) is 6.11. The van der Waals surface area contributed by atoms with Crippen molar-refractivity contribution in [3.63, 3.8) is 0 Å². The van der Waals surface area contributed by atoms with Gasteiger partial charge in [-0.05, 0) is 41.5 Å². The second kappa shape index (κ2) is 7.38. The van der Waals surface area contributed by atoms with Gasteiger partial charge in [-0.15, -0.1) is 0 Å². The van der Waals surface area contributed by atoms with Gasteiger partial charge in [-0.2, -0.15) is 0 Å². The summed E-state index contributed by atoms with van der Waals surface area (Å²) in [5.74, 6) is -1.45. The number of likely N-dealkylation sites (tertiary alicyclic amines) is 1. The van der Waals surface area contributed by atoms with Crippen LogP contribution in [0.15, 0.2) is 36.4 Å². The Bertz CT molecular complexity index is 1080. The zero-order chi connectivity index (χ0) is 22.7. The van der Waals surface area contributed by atoms with Gasteiger partial charge in [0.1, 0.15) is 11.2 Å². The number of nitrogens with one attached hydrogen (secondary N) is 1. The van der Waals surface area contributed by atoms with Gasteiger partial charge in [-0.3, -0.25) is 9.69 Å². The highest BCUT2D eigenvalue weighted by Crippen LogP contribution is 2.60. The van der Waals surface area contributed by atoms with Crippen molar-refractivity contribution in [1.82, 2.24) is 4.90 Å². The van der Waals surface area contributed by atoms with Crippen molar-refractivity contribution in [3.8, 4) is 0 Å². The van der Waals surface area contributed by atoms with Gasteiger partial charge in [0.2, 0.25) is 5.91 Å². The molecular formula is C23H23Cl2FN2O3. The van der Waals surface area contributed by atoms with E-state index >= 15 is 4.39 Å². The molecule has 2 N–H and O–H groups in total. The first-order chi connectivity index (χ1) is 14.5. The minimum absolute atomic E-state index is 0.0873. The molecule has 3 atom stereocenters. The van der Waals surface area contributed by atoms with Gasteiger partial charge >= 0.3 is 6.09 Å². The van der Waals surface area contributed by atoms with Crippen LogP contribution >= 0.6 is 23.2 Å². The number of carboxylic acid groups (broad SMARTS) is 1. The average Bonchev–Trinajstić information content (AvgIpc) is 3.12. The maximum atomic E-state index is 15.3. The lowest BCUT2D eigenvalue weighted by Gasteiger charge is -2.37. The molecule has 2 heterocycles. The Hall–Kier alpha value is -2.31. The van der Waals surface area contributed by atoms with Crippen LogP contribution in [0.5, 0.6) is 0 Å². The predicted molar refractivity (Wildman–Crippen MR) is 118 cm³/mol. The number of amides is 2. The summed E-state index contributed by atoms with van der Waals surface area (Å²) in [6.45, 7) is 6.21. The molecule has 4 rings (SSSR count). The van der Waals surface area contributed by atoms with Crippen LogP contribution in [0.1, 0.15) is 44.4 Å². The van der Waals surface area contributed by atoms with Gasteiger partial charge < -0.3 is 10.4 Å². The van der Waals surface area contributed by atoms with E-state index in [0.717, 1.165) is 0 Å². The zero-order valence-corrected chi connectivity index (χ0v) is 18.9. The molecule has 1 fully saturated rings. The highest BCUT2D eigenvalue weighted by atomic mass is 35.5. The van der Waals surface area contributed by atoms with Crippen LogP contribution in [0.4, 0.5) is 14.9 Å². The molecule has 0 unspecified atom stereocenters. The van der Waals surface area contributed by atoms with Crippen molar-refractivity contribution >= 4 is 40.9 Å². The molecule has 0 bridgehead atoms. The van der Waals surface area contributed by atoms with Crippen LogP contribution in [-0.4, -0.2) is 28.6 Å². The molecule has 2 aromatic rings. The summed E-state index contributed by atoms with van der Waals surface area (Å²) in [4.78, 5) is 27.2. The third kappa shape index (κ3) is 3.37. The Morgan fingerprint density at radius 3 is 2.65 bits per heavy atom. The molecule has 2 aliphatic heterocycles. The summed E-state index contributed by atoms with van der Waals surface area (Å²) in [5.41, 5.74) is -0.263. The van der Waals surface area contributed by atoms with Gasteiger partial charge in [0.05, 0.1) is 11.1 Å². The molecule has 1 saturated heterocycles. The van der Waals surface area contributed by atoms with Crippen molar-refractivity contribution in [3.05, 3.63) is 63.4 Å². The summed E-state index contributed by atoms with van der Waals surface area (Å²) >= 11 is 12.2. The Labute approximate surface area is 190 Å². The maximum absolute atomic E-state index is 15.3. The summed E-state index contributed by atoms with van der Waals surface area (Å²) in [7, 11) is 0. The van der Waals surface area contributed by atoms with Gasteiger partial charge in [0, 0.05) is 22.8 Å². The lowest BCUT2D eigenvalue weighted by Crippen LogP contribution is -2.46. The van der Waals surface area contributed by atoms with Crippen LogP contribution in [0.2, 0.25) is 10.0 Å². The first-order valence-corrected chi connectivity index (χ1v) is 10.8. The fraction of sp³-hybridized carbons (Fsp3) is 0.391. The number of halogens is 3. The summed E-state index contributed by atoms with van der Waals surface area (Å²) in [5, 5.41) is 13.3. The average molecular weight is 465 g/mol. The Morgan fingerprint density at radius 1 is 1.29 bits per heavy atom. The summed E-state index contributed by atoms with van der Waals surface area (Å²) < 4.78 is 15.3. The number of rotatable bonds is 2. The van der Waals surface area contributed by atoms with Crippen LogP contribution in [-0.2, 0) is 10.2 Å². The Kier molecular flexibility index (Phi) is 5.22. The first kappa shape index (κ1) is 21.9. The van der Waals surface area contributed by atoms with Gasteiger partial charge in [0.25, 0.3) is 0 Å². The SMILES string of the molecule is CC(C)(C)C[C@H]1CN(C(=O)O)[C@@H](c2cccc(Cl)c2F)[C@@]12C(=O)Nc1cc(Cl)ccc12. The second-order valence-corrected chi connectivity index (χ2v) is 10.3. The van der Waals surface area contributed by atoms with Crippen LogP contribution in [0, 0.1) is 17.2 Å². The van der Waals surface area contributed by atoms with Crippen molar-refractivity contribution in [2.45, 2.75) is 38.6 Å². The maximum Gasteiger partial charge on any atom is 0.407 e. The summed E-state index contributed by atoms with van der Waals surface area (Å²) in [6.07, 6.45) is -0.652. The molecule has 0 aromatic heterocycles. The van der Waals surface area contributed by atoms with Gasteiger partial charge in [-0.1, -0.05) is 62.2 Å². The lowest BCUT2D eigenvalue weighted by atomic mass is 9.63. The second-order valence-electron chi connectivity index (χ2n) is 9.46. The lowest BCUT2D eigenvalue weighted by molar-refractivity contribution is -0.123. The monoisotopic (exact) mass is 464 g/mol. The third-order valence-corrected chi connectivity index (χ3v) is 6.76.